The monoisotopic (exact) mass is 363 g/mol. The summed E-state index contributed by atoms with van der Waals surface area (Å²) in [5.74, 6) is -1.63. The summed E-state index contributed by atoms with van der Waals surface area (Å²) in [7, 11) is -3.83. The Labute approximate surface area is 122 Å². The van der Waals surface area contributed by atoms with Crippen LogP contribution in [0.5, 0.6) is 0 Å². The fourth-order valence-electron chi connectivity index (χ4n) is 1.85. The molecule has 2 rings (SSSR count). The van der Waals surface area contributed by atoms with E-state index < -0.39 is 27.1 Å². The fraction of sp³-hybridized carbons (Fsp3) is 0.300. The molecular formula is C10H10BrN3O5S. The Hall–Kier alpha value is -1.52. The average molecular weight is 364 g/mol. The molecule has 1 atom stereocenters. The predicted molar refractivity (Wildman–Crippen MR) is 72.8 cm³/mol. The summed E-state index contributed by atoms with van der Waals surface area (Å²) < 4.78 is 22.8. The van der Waals surface area contributed by atoms with Gasteiger partial charge in [-0.3, -0.25) is 9.69 Å². The number of rotatable bonds is 3. The first-order valence-electron chi connectivity index (χ1n) is 5.42. The van der Waals surface area contributed by atoms with Crippen LogP contribution in [-0.4, -0.2) is 42.2 Å². The first kappa shape index (κ1) is 14.9. The molecule has 1 fully saturated rings. The van der Waals surface area contributed by atoms with Crippen LogP contribution < -0.4 is 10.0 Å². The maximum Gasteiger partial charge on any atom is 0.355 e. The number of primary sulfonamides is 1. The SMILES string of the molecule is NS(=O)(=O)C1CC(=O)N(c2ccc(Br)c(C(=O)O)n2)C1. The largest absolute Gasteiger partial charge is 0.476 e. The lowest BCUT2D eigenvalue weighted by molar-refractivity contribution is -0.117. The third kappa shape index (κ3) is 2.81. The van der Waals surface area contributed by atoms with Crippen LogP contribution >= 0.6 is 15.9 Å². The molecule has 2 heterocycles. The predicted octanol–water partition coefficient (Wildman–Crippen LogP) is -0.0639. The summed E-state index contributed by atoms with van der Waals surface area (Å²) >= 11 is 3.04. The third-order valence-electron chi connectivity index (χ3n) is 2.86. The van der Waals surface area contributed by atoms with Crippen molar-refractivity contribution in [2.24, 2.45) is 5.14 Å². The van der Waals surface area contributed by atoms with Gasteiger partial charge in [0.25, 0.3) is 0 Å². The van der Waals surface area contributed by atoms with Gasteiger partial charge in [-0.2, -0.15) is 0 Å². The highest BCUT2D eigenvalue weighted by Crippen LogP contribution is 2.25. The van der Waals surface area contributed by atoms with Gasteiger partial charge in [-0.1, -0.05) is 0 Å². The minimum absolute atomic E-state index is 0.0850. The van der Waals surface area contributed by atoms with E-state index in [1.54, 1.807) is 0 Å². The van der Waals surface area contributed by atoms with Gasteiger partial charge >= 0.3 is 5.97 Å². The van der Waals surface area contributed by atoms with E-state index in [0.717, 1.165) is 4.90 Å². The Kier molecular flexibility index (Phi) is 3.80. The number of nitrogens with zero attached hydrogens (tertiary/aromatic N) is 2. The lowest BCUT2D eigenvalue weighted by Crippen LogP contribution is -2.32. The summed E-state index contributed by atoms with van der Waals surface area (Å²) in [6, 6.07) is 2.86. The van der Waals surface area contributed by atoms with E-state index in [-0.39, 0.29) is 29.0 Å². The number of carboxylic acids is 1. The number of amides is 1. The molecule has 1 aliphatic rings. The second-order valence-corrected chi connectivity index (χ2v) is 6.92. The van der Waals surface area contributed by atoms with Gasteiger partial charge in [0, 0.05) is 13.0 Å². The number of nitrogens with two attached hydrogens (primary N) is 1. The molecule has 10 heteroatoms. The zero-order valence-electron chi connectivity index (χ0n) is 9.98. The van der Waals surface area contributed by atoms with Crippen molar-refractivity contribution >= 4 is 43.6 Å². The second kappa shape index (κ2) is 5.11. The van der Waals surface area contributed by atoms with Gasteiger partial charge in [0.15, 0.2) is 5.69 Å². The van der Waals surface area contributed by atoms with E-state index in [2.05, 4.69) is 20.9 Å². The van der Waals surface area contributed by atoms with Crippen LogP contribution in [0.4, 0.5) is 5.82 Å². The summed E-state index contributed by atoms with van der Waals surface area (Å²) in [5, 5.41) is 13.0. The first-order chi connectivity index (χ1) is 9.20. The number of sulfonamides is 1. The van der Waals surface area contributed by atoms with E-state index in [1.165, 1.54) is 12.1 Å². The van der Waals surface area contributed by atoms with Crippen LogP contribution in [0.2, 0.25) is 0 Å². The van der Waals surface area contributed by atoms with E-state index in [0.29, 0.717) is 0 Å². The van der Waals surface area contributed by atoms with Crippen molar-refractivity contribution < 1.29 is 23.1 Å². The molecule has 3 N–H and O–H groups in total. The minimum atomic E-state index is -3.83. The topological polar surface area (TPSA) is 131 Å². The third-order valence-corrected chi connectivity index (χ3v) is 4.75. The van der Waals surface area contributed by atoms with E-state index in [1.807, 2.05) is 0 Å². The molecule has 8 nitrogen and oxygen atoms in total. The maximum atomic E-state index is 11.8. The minimum Gasteiger partial charge on any atom is -0.476 e. The molecule has 1 aromatic rings. The lowest BCUT2D eigenvalue weighted by Gasteiger charge is -2.15. The summed E-state index contributed by atoms with van der Waals surface area (Å²) in [6.45, 7) is -0.134. The molecule has 1 saturated heterocycles. The van der Waals surface area contributed by atoms with Crippen LogP contribution in [0.3, 0.4) is 0 Å². The Morgan fingerprint density at radius 2 is 2.15 bits per heavy atom. The van der Waals surface area contributed by atoms with Crippen molar-refractivity contribution in [3.8, 4) is 0 Å². The summed E-state index contributed by atoms with van der Waals surface area (Å²) in [5.41, 5.74) is -0.255. The number of halogens is 1. The molecule has 0 aromatic carbocycles. The standard InChI is InChI=1S/C10H10BrN3O5S/c11-6-1-2-7(13-9(6)10(16)17)14-4-5(3-8(14)15)20(12,18)19/h1-2,5H,3-4H2,(H,16,17)(H2,12,18,19). The molecule has 20 heavy (non-hydrogen) atoms. The van der Waals surface area contributed by atoms with Gasteiger partial charge in [0.1, 0.15) is 11.1 Å². The zero-order chi connectivity index (χ0) is 15.1. The van der Waals surface area contributed by atoms with Crippen LogP contribution in [0.15, 0.2) is 16.6 Å². The normalized spacial score (nSPS) is 19.4. The van der Waals surface area contributed by atoms with Gasteiger partial charge in [-0.05, 0) is 28.1 Å². The molecule has 0 spiro atoms. The Morgan fingerprint density at radius 3 is 2.65 bits per heavy atom. The fourth-order valence-corrected chi connectivity index (χ4v) is 2.97. The highest BCUT2D eigenvalue weighted by Gasteiger charge is 2.38. The second-order valence-electron chi connectivity index (χ2n) is 4.22. The van der Waals surface area contributed by atoms with Crippen molar-refractivity contribution in [3.05, 3.63) is 22.3 Å². The number of carbonyl (C=O) groups is 2. The van der Waals surface area contributed by atoms with Crippen molar-refractivity contribution in [3.63, 3.8) is 0 Å². The number of carboxylic acid groups (broad SMARTS) is 1. The van der Waals surface area contributed by atoms with Gasteiger partial charge in [0.05, 0.1) is 4.47 Å². The smallest absolute Gasteiger partial charge is 0.355 e. The number of pyridine rings is 1. The van der Waals surface area contributed by atoms with E-state index in [9.17, 15) is 18.0 Å². The van der Waals surface area contributed by atoms with Crippen LogP contribution in [-0.2, 0) is 14.8 Å². The zero-order valence-corrected chi connectivity index (χ0v) is 12.4. The molecule has 0 bridgehead atoms. The molecular weight excluding hydrogens is 354 g/mol. The molecule has 108 valence electrons. The van der Waals surface area contributed by atoms with E-state index >= 15 is 0 Å². The number of aromatic carboxylic acids is 1. The van der Waals surface area contributed by atoms with Crippen LogP contribution in [0, 0.1) is 0 Å². The first-order valence-corrected chi connectivity index (χ1v) is 7.82. The van der Waals surface area contributed by atoms with Crippen molar-refractivity contribution in [2.45, 2.75) is 11.7 Å². The molecule has 0 saturated carbocycles. The van der Waals surface area contributed by atoms with Gasteiger partial charge in [-0.15, -0.1) is 0 Å². The van der Waals surface area contributed by atoms with Crippen molar-refractivity contribution in [1.29, 1.82) is 0 Å². The van der Waals surface area contributed by atoms with Gasteiger partial charge in [-0.25, -0.2) is 23.3 Å². The van der Waals surface area contributed by atoms with Crippen LogP contribution in [0.1, 0.15) is 16.9 Å². The molecule has 1 amide bonds. The molecule has 0 aliphatic carbocycles. The molecule has 1 unspecified atom stereocenters. The quantitative estimate of drug-likeness (QED) is 0.772. The summed E-state index contributed by atoms with van der Waals surface area (Å²) in [6.07, 6.45) is -0.237. The maximum absolute atomic E-state index is 11.8. The van der Waals surface area contributed by atoms with Crippen LogP contribution in [0.25, 0.3) is 0 Å². The number of hydrogen-bond donors (Lipinski definition) is 2. The number of anilines is 1. The number of carbonyl (C=O) groups excluding carboxylic acids is 1. The van der Waals surface area contributed by atoms with Crippen molar-refractivity contribution in [1.82, 2.24) is 4.98 Å². The Bertz CT molecular complexity index is 690. The summed E-state index contributed by atoms with van der Waals surface area (Å²) in [4.78, 5) is 27.7. The molecule has 1 aromatic heterocycles. The molecule has 0 radical (unpaired) electrons. The highest BCUT2D eigenvalue weighted by atomic mass is 79.9. The average Bonchev–Trinajstić information content (AvgIpc) is 2.71. The molecule has 1 aliphatic heterocycles. The van der Waals surface area contributed by atoms with Gasteiger partial charge < -0.3 is 5.11 Å². The van der Waals surface area contributed by atoms with Gasteiger partial charge in [0.2, 0.25) is 15.9 Å². The Balaban J connectivity index is 2.36. The van der Waals surface area contributed by atoms with E-state index in [4.69, 9.17) is 10.2 Å². The lowest BCUT2D eigenvalue weighted by atomic mass is 10.3. The number of hydrogen-bond acceptors (Lipinski definition) is 5. The Morgan fingerprint density at radius 1 is 1.50 bits per heavy atom. The highest BCUT2D eigenvalue weighted by molar-refractivity contribution is 9.10. The van der Waals surface area contributed by atoms with Crippen molar-refractivity contribution in [2.75, 3.05) is 11.4 Å². The number of aromatic nitrogens is 1.